The van der Waals surface area contributed by atoms with Crippen LogP contribution in [0, 0.1) is 18.3 Å². The number of pyridine rings is 1. The van der Waals surface area contributed by atoms with Crippen molar-refractivity contribution < 1.29 is 14.3 Å². The van der Waals surface area contributed by atoms with E-state index >= 15 is 0 Å². The van der Waals surface area contributed by atoms with E-state index in [1.807, 2.05) is 6.92 Å². The molecule has 1 amide bonds. The molecule has 0 bridgehead atoms. The molecule has 8 nitrogen and oxygen atoms in total. The van der Waals surface area contributed by atoms with Crippen LogP contribution in [0.3, 0.4) is 0 Å². The molecule has 180 valence electrons. The molecule has 8 heteroatoms. The second-order valence-electron chi connectivity index (χ2n) is 8.49. The van der Waals surface area contributed by atoms with E-state index in [4.69, 9.17) is 15.2 Å². The van der Waals surface area contributed by atoms with Crippen LogP contribution >= 0.6 is 0 Å². The van der Waals surface area contributed by atoms with Gasteiger partial charge in [-0.3, -0.25) is 9.69 Å². The molecule has 2 aliphatic rings. The number of nitrogens with two attached hydrogens (primary N) is 1. The highest BCUT2D eigenvalue weighted by Crippen LogP contribution is 2.48. The van der Waals surface area contributed by atoms with Crippen molar-refractivity contribution in [3.05, 3.63) is 64.2 Å². The minimum Gasteiger partial charge on any atom is -0.496 e. The molecule has 0 radical (unpaired) electrons. The summed E-state index contributed by atoms with van der Waals surface area (Å²) in [4.78, 5) is 19.5. The van der Waals surface area contributed by atoms with Crippen LogP contribution in [0.1, 0.15) is 43.7 Å². The minimum absolute atomic E-state index is 0.358. The largest absolute Gasteiger partial charge is 0.496 e. The molecule has 0 unspecified atom stereocenters. The second-order valence-corrected chi connectivity index (χ2v) is 8.49. The van der Waals surface area contributed by atoms with Crippen molar-refractivity contribution in [2.75, 3.05) is 38.7 Å². The maximum Gasteiger partial charge on any atom is 0.247 e. The Labute approximate surface area is 201 Å². The van der Waals surface area contributed by atoms with E-state index in [0.717, 1.165) is 30.9 Å². The van der Waals surface area contributed by atoms with E-state index in [-0.39, 0.29) is 0 Å². The average molecular weight is 464 g/mol. The number of nitrogens with zero attached hydrogens (tertiary/aromatic N) is 3. The number of carbonyl (C=O) groups excluding carboxylic acids is 1. The van der Waals surface area contributed by atoms with Gasteiger partial charge in [-0.15, -0.1) is 0 Å². The Morgan fingerprint density at radius 2 is 2.12 bits per heavy atom. The maximum atomic E-state index is 12.6. The number of likely N-dealkylation sites (tertiary alicyclic amines) is 1. The van der Waals surface area contributed by atoms with Gasteiger partial charge >= 0.3 is 0 Å². The van der Waals surface area contributed by atoms with E-state index in [0.29, 0.717) is 46.2 Å². The Hall–Kier alpha value is -3.57. The van der Waals surface area contributed by atoms with Crippen LogP contribution in [0.15, 0.2) is 53.1 Å². The number of rotatable bonds is 9. The van der Waals surface area contributed by atoms with Crippen LogP contribution in [0.4, 0.5) is 5.69 Å². The molecule has 1 aromatic heterocycles. The third-order valence-electron chi connectivity index (χ3n) is 6.29. The summed E-state index contributed by atoms with van der Waals surface area (Å²) in [7, 11) is 1.51. The number of hydrogen-bond acceptors (Lipinski definition) is 7. The fourth-order valence-corrected chi connectivity index (χ4v) is 4.47. The number of nitriles is 1. The van der Waals surface area contributed by atoms with Crippen molar-refractivity contribution in [1.29, 1.82) is 5.26 Å². The van der Waals surface area contributed by atoms with Gasteiger partial charge in [0.25, 0.3) is 0 Å². The van der Waals surface area contributed by atoms with E-state index in [1.54, 1.807) is 32.2 Å². The summed E-state index contributed by atoms with van der Waals surface area (Å²) in [5.74, 6) is -0.422. The minimum atomic E-state index is -0.647. The van der Waals surface area contributed by atoms with Gasteiger partial charge in [0.05, 0.1) is 35.9 Å². The van der Waals surface area contributed by atoms with Gasteiger partial charge in [-0.05, 0) is 63.9 Å². The molecule has 1 aromatic rings. The lowest BCUT2D eigenvalue weighted by atomic mass is 9.79. The van der Waals surface area contributed by atoms with E-state index in [1.165, 1.54) is 20.0 Å². The number of fused-ring (bicyclic) bond motifs is 1. The molecular weight excluding hydrogens is 430 g/mol. The topological polar surface area (TPSA) is 113 Å². The Kier molecular flexibility index (Phi) is 8.13. The fourth-order valence-electron chi connectivity index (χ4n) is 4.47. The molecule has 1 saturated heterocycles. The first-order valence-electron chi connectivity index (χ1n) is 11.5. The number of amides is 1. The monoisotopic (exact) mass is 463 g/mol. The Balaban J connectivity index is 2.08. The number of carbonyl (C=O) groups is 1. The first-order valence-corrected chi connectivity index (χ1v) is 11.5. The van der Waals surface area contributed by atoms with Crippen LogP contribution in [0.25, 0.3) is 0 Å². The van der Waals surface area contributed by atoms with Gasteiger partial charge < -0.3 is 20.5 Å². The quantitative estimate of drug-likeness (QED) is 0.326. The number of ether oxygens (including phenoxy) is 2. The van der Waals surface area contributed by atoms with E-state index in [9.17, 15) is 10.1 Å². The van der Waals surface area contributed by atoms with Gasteiger partial charge in [-0.1, -0.05) is 12.7 Å². The summed E-state index contributed by atoms with van der Waals surface area (Å²) < 4.78 is 11.8. The molecule has 3 N–H and O–H groups in total. The summed E-state index contributed by atoms with van der Waals surface area (Å²) >= 11 is 0. The third-order valence-corrected chi connectivity index (χ3v) is 6.29. The molecular formula is C26H33N5O3. The highest BCUT2D eigenvalue weighted by atomic mass is 16.5. The van der Waals surface area contributed by atoms with Crippen molar-refractivity contribution in [3.8, 4) is 11.9 Å². The molecule has 1 atom stereocenters. The maximum absolute atomic E-state index is 12.6. The van der Waals surface area contributed by atoms with Crippen LogP contribution in [0.5, 0.6) is 5.88 Å². The normalized spacial score (nSPS) is 18.7. The van der Waals surface area contributed by atoms with Gasteiger partial charge in [0.15, 0.2) is 0 Å². The molecule has 3 heterocycles. The lowest BCUT2D eigenvalue weighted by Crippen LogP contribution is -2.30. The number of aryl methyl sites for hydroxylation is 1. The average Bonchev–Trinajstić information content (AvgIpc) is 3.34. The molecule has 0 spiro atoms. The van der Waals surface area contributed by atoms with Crippen molar-refractivity contribution in [3.63, 3.8) is 0 Å². The summed E-state index contributed by atoms with van der Waals surface area (Å²) in [5, 5.41) is 12.7. The fraction of sp³-hybridized carbons (Fsp3) is 0.423. The lowest BCUT2D eigenvalue weighted by Gasteiger charge is -2.33. The third kappa shape index (κ3) is 5.15. The Morgan fingerprint density at radius 1 is 1.41 bits per heavy atom. The van der Waals surface area contributed by atoms with E-state index < -0.39 is 11.8 Å². The molecule has 1 fully saturated rings. The van der Waals surface area contributed by atoms with Gasteiger partial charge in [-0.25, -0.2) is 4.98 Å². The lowest BCUT2D eigenvalue weighted by molar-refractivity contribution is -0.114. The van der Waals surface area contributed by atoms with E-state index in [2.05, 4.69) is 27.8 Å². The SMILES string of the molecule is C=C(/C(=C\C(C#N)=C/C)OC)[C@@H]1C(C(N)=O)=C(C)Nc2c(C)cnc(OCCN3CCCC3)c21. The van der Waals surface area contributed by atoms with Gasteiger partial charge in [0.2, 0.25) is 11.8 Å². The summed E-state index contributed by atoms with van der Waals surface area (Å²) in [5.41, 5.74) is 10.1. The highest BCUT2D eigenvalue weighted by Gasteiger charge is 2.37. The first-order chi connectivity index (χ1) is 16.3. The molecule has 34 heavy (non-hydrogen) atoms. The molecule has 3 rings (SSSR count). The number of primary amides is 1. The number of anilines is 1. The van der Waals surface area contributed by atoms with Crippen molar-refractivity contribution >= 4 is 11.6 Å². The number of aromatic nitrogens is 1. The first kappa shape index (κ1) is 25.1. The zero-order chi connectivity index (χ0) is 24.8. The Bertz CT molecular complexity index is 1100. The molecule has 0 saturated carbocycles. The summed E-state index contributed by atoms with van der Waals surface area (Å²) in [6.45, 7) is 13.2. The molecule has 0 aromatic carbocycles. The van der Waals surface area contributed by atoms with Crippen LogP contribution in [0.2, 0.25) is 0 Å². The predicted molar refractivity (Wildman–Crippen MR) is 132 cm³/mol. The number of allylic oxidation sites excluding steroid dienone is 5. The van der Waals surface area contributed by atoms with Crippen LogP contribution < -0.4 is 15.8 Å². The van der Waals surface area contributed by atoms with Crippen molar-refractivity contribution in [1.82, 2.24) is 9.88 Å². The number of methoxy groups -OCH3 is 1. The summed E-state index contributed by atoms with van der Waals surface area (Å²) in [6, 6.07) is 2.12. The van der Waals surface area contributed by atoms with Crippen LogP contribution in [-0.4, -0.2) is 49.1 Å². The predicted octanol–water partition coefficient (Wildman–Crippen LogP) is 3.69. The second kappa shape index (κ2) is 11.0. The highest BCUT2D eigenvalue weighted by molar-refractivity contribution is 5.98. The van der Waals surface area contributed by atoms with Gasteiger partial charge in [0.1, 0.15) is 12.4 Å². The Morgan fingerprint density at radius 3 is 2.71 bits per heavy atom. The van der Waals surface area contributed by atoms with Crippen molar-refractivity contribution in [2.45, 2.75) is 39.5 Å². The number of nitrogens with one attached hydrogen (secondary N) is 1. The van der Waals surface area contributed by atoms with Gasteiger partial charge in [-0.2, -0.15) is 5.26 Å². The molecule has 0 aliphatic carbocycles. The standard InChI is InChI=1S/C26H33N5O3/c1-6-19(14-27)13-20(33-5)17(3)21-22(25(28)32)18(4)30-24-16(2)15-29-26(23(21)24)34-12-11-31-9-7-8-10-31/h6,13,15,21,30H,3,7-12H2,1-2,4-5H3,(H2,28,32)/b19-6+,20-13+/t21-/m1/s1. The zero-order valence-electron chi connectivity index (χ0n) is 20.4. The molecule has 2 aliphatic heterocycles. The summed E-state index contributed by atoms with van der Waals surface area (Å²) in [6.07, 6.45) is 7.45. The number of hydrogen-bond donors (Lipinski definition) is 2. The zero-order valence-corrected chi connectivity index (χ0v) is 20.4. The van der Waals surface area contributed by atoms with Crippen molar-refractivity contribution in [2.24, 2.45) is 5.73 Å². The van der Waals surface area contributed by atoms with Gasteiger partial charge in [0, 0.05) is 24.0 Å². The van der Waals surface area contributed by atoms with Crippen LogP contribution in [-0.2, 0) is 9.53 Å². The smallest absolute Gasteiger partial charge is 0.247 e.